The van der Waals surface area contributed by atoms with Gasteiger partial charge in [0.1, 0.15) is 0 Å². The normalized spacial score (nSPS) is 13.0. The van der Waals surface area contributed by atoms with E-state index in [-0.39, 0.29) is 23.0 Å². The molecule has 0 radical (unpaired) electrons. The molecule has 0 aromatic heterocycles. The van der Waals surface area contributed by atoms with Crippen LogP contribution < -0.4 is 10.0 Å². The van der Waals surface area contributed by atoms with Crippen molar-refractivity contribution in [3.8, 4) is 0 Å². The van der Waals surface area contributed by atoms with E-state index < -0.39 is 16.0 Å². The Morgan fingerprint density at radius 2 is 2.05 bits per heavy atom. The van der Waals surface area contributed by atoms with Crippen LogP contribution >= 0.6 is 15.9 Å². The Morgan fingerprint density at radius 3 is 2.60 bits per heavy atom. The van der Waals surface area contributed by atoms with Crippen molar-refractivity contribution in [2.45, 2.75) is 17.9 Å². The summed E-state index contributed by atoms with van der Waals surface area (Å²) in [5, 5.41) is 2.93. The third-order valence-electron chi connectivity index (χ3n) is 2.68. The average Bonchev–Trinajstić information content (AvgIpc) is 2.43. The van der Waals surface area contributed by atoms with Gasteiger partial charge in [0.2, 0.25) is 10.0 Å². The van der Waals surface area contributed by atoms with Gasteiger partial charge in [0.05, 0.1) is 17.6 Å². The zero-order valence-corrected chi connectivity index (χ0v) is 13.8. The van der Waals surface area contributed by atoms with Crippen LogP contribution in [-0.4, -0.2) is 41.1 Å². The van der Waals surface area contributed by atoms with Crippen molar-refractivity contribution in [2.75, 3.05) is 20.7 Å². The van der Waals surface area contributed by atoms with Crippen LogP contribution in [0.2, 0.25) is 0 Å². The minimum absolute atomic E-state index is 0.00277. The molecule has 112 valence electrons. The Kier molecular flexibility index (Phi) is 6.12. The number of hydrogen-bond donors (Lipinski definition) is 2. The highest BCUT2D eigenvalue weighted by Gasteiger charge is 2.18. The minimum Gasteiger partial charge on any atom is -0.465 e. The molecule has 2 N–H and O–H groups in total. The van der Waals surface area contributed by atoms with E-state index in [2.05, 4.69) is 30.7 Å². The molecule has 20 heavy (non-hydrogen) atoms. The standard InChI is InChI=1S/C12H17BrN2O4S/c1-8(14-2)7-15-20(17,18)11-5-9(12(16)19-3)4-10(13)6-11/h4-6,8,14-15H,7H2,1-3H3. The second kappa shape index (κ2) is 7.16. The van der Waals surface area contributed by atoms with E-state index in [1.807, 2.05) is 6.92 Å². The van der Waals surface area contributed by atoms with Gasteiger partial charge in [0, 0.05) is 17.1 Å². The van der Waals surface area contributed by atoms with Crippen molar-refractivity contribution >= 4 is 31.9 Å². The smallest absolute Gasteiger partial charge is 0.337 e. The van der Waals surface area contributed by atoms with Gasteiger partial charge in [-0.2, -0.15) is 0 Å². The Balaban J connectivity index is 3.06. The maximum Gasteiger partial charge on any atom is 0.337 e. The summed E-state index contributed by atoms with van der Waals surface area (Å²) in [4.78, 5) is 11.5. The highest BCUT2D eigenvalue weighted by Crippen LogP contribution is 2.20. The molecule has 0 heterocycles. The Bertz CT molecular complexity index is 589. The van der Waals surface area contributed by atoms with Gasteiger partial charge in [-0.05, 0) is 32.2 Å². The lowest BCUT2D eigenvalue weighted by Crippen LogP contribution is -2.37. The molecule has 8 heteroatoms. The van der Waals surface area contributed by atoms with Crippen LogP contribution in [0.25, 0.3) is 0 Å². The van der Waals surface area contributed by atoms with Gasteiger partial charge >= 0.3 is 5.97 Å². The second-order valence-electron chi connectivity index (χ2n) is 4.21. The summed E-state index contributed by atoms with van der Waals surface area (Å²) < 4.78 is 31.9. The summed E-state index contributed by atoms with van der Waals surface area (Å²) in [6.07, 6.45) is 0. The van der Waals surface area contributed by atoms with Crippen molar-refractivity contribution in [3.05, 3.63) is 28.2 Å². The van der Waals surface area contributed by atoms with Crippen molar-refractivity contribution < 1.29 is 17.9 Å². The lowest BCUT2D eigenvalue weighted by molar-refractivity contribution is 0.0600. The number of sulfonamides is 1. The molecular weight excluding hydrogens is 348 g/mol. The van der Waals surface area contributed by atoms with Gasteiger partial charge in [-0.1, -0.05) is 15.9 Å². The number of carbonyl (C=O) groups is 1. The molecule has 1 rings (SSSR count). The Morgan fingerprint density at radius 1 is 1.40 bits per heavy atom. The molecule has 1 unspecified atom stereocenters. The first kappa shape index (κ1) is 17.1. The van der Waals surface area contributed by atoms with E-state index in [1.54, 1.807) is 7.05 Å². The van der Waals surface area contributed by atoms with E-state index in [1.165, 1.54) is 25.3 Å². The zero-order valence-electron chi connectivity index (χ0n) is 11.4. The summed E-state index contributed by atoms with van der Waals surface area (Å²) in [6, 6.07) is 4.21. The molecule has 1 aromatic rings. The number of methoxy groups -OCH3 is 1. The number of nitrogens with one attached hydrogen (secondary N) is 2. The molecule has 0 aliphatic rings. The molecule has 0 saturated heterocycles. The van der Waals surface area contributed by atoms with Crippen LogP contribution in [0.5, 0.6) is 0 Å². The van der Waals surface area contributed by atoms with Gasteiger partial charge in [-0.3, -0.25) is 0 Å². The number of halogens is 1. The van der Waals surface area contributed by atoms with E-state index >= 15 is 0 Å². The van der Waals surface area contributed by atoms with Crippen molar-refractivity contribution in [1.82, 2.24) is 10.0 Å². The Labute approximate surface area is 127 Å². The molecule has 1 atom stereocenters. The summed E-state index contributed by atoms with van der Waals surface area (Å²) >= 11 is 3.18. The molecule has 1 aromatic carbocycles. The molecule has 0 amide bonds. The molecule has 0 saturated carbocycles. The van der Waals surface area contributed by atoms with Crippen LogP contribution in [0.4, 0.5) is 0 Å². The lowest BCUT2D eigenvalue weighted by atomic mass is 10.2. The number of esters is 1. The largest absolute Gasteiger partial charge is 0.465 e. The fourth-order valence-electron chi connectivity index (χ4n) is 1.37. The predicted octanol–water partition coefficient (Wildman–Crippen LogP) is 1.12. The summed E-state index contributed by atoms with van der Waals surface area (Å²) in [5.74, 6) is -0.591. The molecule has 0 spiro atoms. The van der Waals surface area contributed by atoms with Crippen LogP contribution in [-0.2, 0) is 14.8 Å². The second-order valence-corrected chi connectivity index (χ2v) is 6.89. The lowest BCUT2D eigenvalue weighted by Gasteiger charge is -2.12. The summed E-state index contributed by atoms with van der Waals surface area (Å²) in [5.41, 5.74) is 0.170. The number of benzene rings is 1. The molecule has 6 nitrogen and oxygen atoms in total. The van der Waals surface area contributed by atoms with Crippen molar-refractivity contribution in [1.29, 1.82) is 0 Å². The first-order valence-electron chi connectivity index (χ1n) is 5.86. The minimum atomic E-state index is -3.68. The molecule has 0 fully saturated rings. The quantitative estimate of drug-likeness (QED) is 0.739. The van der Waals surface area contributed by atoms with Gasteiger partial charge in [-0.25, -0.2) is 17.9 Å². The number of carbonyl (C=O) groups excluding carboxylic acids is 1. The number of rotatable bonds is 6. The maximum atomic E-state index is 12.2. The fourth-order valence-corrected chi connectivity index (χ4v) is 3.22. The highest BCUT2D eigenvalue weighted by atomic mass is 79.9. The van der Waals surface area contributed by atoms with Crippen LogP contribution in [0.15, 0.2) is 27.6 Å². The van der Waals surface area contributed by atoms with Gasteiger partial charge in [0.25, 0.3) is 0 Å². The Hall–Kier alpha value is -0.960. The molecular formula is C12H17BrN2O4S. The van der Waals surface area contributed by atoms with E-state index in [4.69, 9.17) is 0 Å². The molecule has 0 bridgehead atoms. The fraction of sp³-hybridized carbons (Fsp3) is 0.417. The average molecular weight is 365 g/mol. The zero-order chi connectivity index (χ0) is 15.3. The molecule has 0 aliphatic carbocycles. The van der Waals surface area contributed by atoms with Gasteiger partial charge < -0.3 is 10.1 Å². The third-order valence-corrected chi connectivity index (χ3v) is 4.54. The van der Waals surface area contributed by atoms with E-state index in [9.17, 15) is 13.2 Å². The van der Waals surface area contributed by atoms with Crippen molar-refractivity contribution in [2.24, 2.45) is 0 Å². The first-order chi connectivity index (χ1) is 9.30. The SMILES string of the molecule is CNC(C)CNS(=O)(=O)c1cc(Br)cc(C(=O)OC)c1. The predicted molar refractivity (Wildman–Crippen MR) is 79.2 cm³/mol. The van der Waals surface area contributed by atoms with Gasteiger partial charge in [-0.15, -0.1) is 0 Å². The monoisotopic (exact) mass is 364 g/mol. The van der Waals surface area contributed by atoms with Gasteiger partial charge in [0.15, 0.2) is 0 Å². The van der Waals surface area contributed by atoms with Crippen LogP contribution in [0.3, 0.4) is 0 Å². The highest BCUT2D eigenvalue weighted by molar-refractivity contribution is 9.10. The topological polar surface area (TPSA) is 84.5 Å². The molecule has 0 aliphatic heterocycles. The van der Waals surface area contributed by atoms with Crippen LogP contribution in [0, 0.1) is 0 Å². The third kappa shape index (κ3) is 4.55. The number of ether oxygens (including phenoxy) is 1. The maximum absolute atomic E-state index is 12.2. The summed E-state index contributed by atoms with van der Waals surface area (Å²) in [6.45, 7) is 2.10. The van der Waals surface area contributed by atoms with E-state index in [0.717, 1.165) is 0 Å². The summed E-state index contributed by atoms with van der Waals surface area (Å²) in [7, 11) is -0.696. The number of hydrogen-bond acceptors (Lipinski definition) is 5. The number of likely N-dealkylation sites (N-methyl/N-ethyl adjacent to an activating group) is 1. The first-order valence-corrected chi connectivity index (χ1v) is 8.13. The van der Waals surface area contributed by atoms with Crippen molar-refractivity contribution in [3.63, 3.8) is 0 Å². The van der Waals surface area contributed by atoms with Crippen LogP contribution in [0.1, 0.15) is 17.3 Å². The van der Waals surface area contributed by atoms with E-state index in [0.29, 0.717) is 4.47 Å².